The zero-order valence-electron chi connectivity index (χ0n) is 18.0. The minimum atomic E-state index is -0.282. The summed E-state index contributed by atoms with van der Waals surface area (Å²) in [7, 11) is 1.69. The van der Waals surface area contributed by atoms with E-state index < -0.39 is 0 Å². The molecule has 0 radical (unpaired) electrons. The summed E-state index contributed by atoms with van der Waals surface area (Å²) in [5, 5.41) is 5.35. The van der Waals surface area contributed by atoms with Gasteiger partial charge in [0.25, 0.3) is 0 Å². The van der Waals surface area contributed by atoms with Gasteiger partial charge in [0.1, 0.15) is 5.75 Å². The number of nitrogens with zero attached hydrogens (tertiary/aromatic N) is 2. The third-order valence-corrected chi connectivity index (χ3v) is 6.18. The number of carbonyl (C=O) groups is 1. The fourth-order valence-corrected chi connectivity index (χ4v) is 4.48. The van der Waals surface area contributed by atoms with Crippen LogP contribution in [0.5, 0.6) is 5.75 Å². The number of imidazole rings is 1. The number of aromatic nitrogens is 2. The Kier molecular flexibility index (Phi) is 5.60. The van der Waals surface area contributed by atoms with Crippen molar-refractivity contribution >= 4 is 16.7 Å². The summed E-state index contributed by atoms with van der Waals surface area (Å²) in [4.78, 5) is 23.2. The Morgan fingerprint density at radius 3 is 2.69 bits per heavy atom. The summed E-state index contributed by atoms with van der Waals surface area (Å²) in [6.45, 7) is 1.83. The van der Waals surface area contributed by atoms with Gasteiger partial charge in [0.2, 0.25) is 5.91 Å². The molecule has 0 fully saturated rings. The Labute approximate surface area is 187 Å². The van der Waals surface area contributed by atoms with Gasteiger partial charge in [0.15, 0.2) is 0 Å². The van der Waals surface area contributed by atoms with Crippen molar-refractivity contribution in [3.63, 3.8) is 0 Å². The lowest BCUT2D eigenvalue weighted by molar-refractivity contribution is -0.127. The molecule has 0 saturated carbocycles. The maximum atomic E-state index is 13.3. The highest BCUT2D eigenvalue weighted by Crippen LogP contribution is 2.31. The molecule has 2 heterocycles. The number of ether oxygens (including phenoxy) is 1. The molecule has 32 heavy (non-hydrogen) atoms. The van der Waals surface area contributed by atoms with E-state index in [0.717, 1.165) is 33.5 Å². The van der Waals surface area contributed by atoms with Gasteiger partial charge in [-0.2, -0.15) is 0 Å². The van der Waals surface area contributed by atoms with Crippen LogP contribution in [0.1, 0.15) is 22.5 Å². The first kappa shape index (κ1) is 20.3. The number of aromatic amines is 1. The van der Waals surface area contributed by atoms with Crippen LogP contribution in [0.4, 0.5) is 0 Å². The van der Waals surface area contributed by atoms with Crippen molar-refractivity contribution in [2.24, 2.45) is 0 Å². The minimum absolute atomic E-state index is 0.0281. The van der Waals surface area contributed by atoms with E-state index in [4.69, 9.17) is 4.74 Å². The van der Waals surface area contributed by atoms with Crippen LogP contribution in [0.25, 0.3) is 10.8 Å². The predicted octanol–water partition coefficient (Wildman–Crippen LogP) is 3.81. The molecule has 0 saturated heterocycles. The SMILES string of the molecule is COc1ccc(CN2Cc3[nH]cnc3CC2C(=O)NCc2ccccc2)c2ccccc12. The monoisotopic (exact) mass is 426 g/mol. The van der Waals surface area contributed by atoms with E-state index in [9.17, 15) is 4.79 Å². The Balaban J connectivity index is 1.42. The number of H-pyrrole nitrogens is 1. The van der Waals surface area contributed by atoms with E-state index in [1.807, 2.05) is 48.5 Å². The van der Waals surface area contributed by atoms with Gasteiger partial charge in [-0.15, -0.1) is 0 Å². The number of hydrogen-bond acceptors (Lipinski definition) is 4. The van der Waals surface area contributed by atoms with Crippen LogP contribution < -0.4 is 10.1 Å². The van der Waals surface area contributed by atoms with Crippen molar-refractivity contribution in [1.29, 1.82) is 0 Å². The minimum Gasteiger partial charge on any atom is -0.496 e. The van der Waals surface area contributed by atoms with Crippen LogP contribution in [0.15, 0.2) is 73.1 Å². The molecule has 6 heteroatoms. The molecule has 1 aromatic heterocycles. The van der Waals surface area contributed by atoms with Crippen molar-refractivity contribution in [3.05, 3.63) is 95.6 Å². The highest BCUT2D eigenvalue weighted by Gasteiger charge is 2.33. The summed E-state index contributed by atoms with van der Waals surface area (Å²) in [5.41, 5.74) is 4.31. The maximum Gasteiger partial charge on any atom is 0.238 e. The van der Waals surface area contributed by atoms with Crippen molar-refractivity contribution in [3.8, 4) is 5.75 Å². The largest absolute Gasteiger partial charge is 0.496 e. The fraction of sp³-hybridized carbons (Fsp3) is 0.231. The van der Waals surface area contributed by atoms with Crippen molar-refractivity contribution in [2.75, 3.05) is 7.11 Å². The molecule has 0 spiro atoms. The molecule has 3 aromatic carbocycles. The van der Waals surface area contributed by atoms with Crippen LogP contribution in [0.2, 0.25) is 0 Å². The average molecular weight is 427 g/mol. The molecule has 6 nitrogen and oxygen atoms in total. The second kappa shape index (κ2) is 8.85. The molecule has 1 atom stereocenters. The number of nitrogens with one attached hydrogen (secondary N) is 2. The molecule has 2 N–H and O–H groups in total. The highest BCUT2D eigenvalue weighted by molar-refractivity contribution is 5.91. The van der Waals surface area contributed by atoms with Crippen molar-refractivity contribution < 1.29 is 9.53 Å². The number of rotatable bonds is 6. The van der Waals surface area contributed by atoms with Gasteiger partial charge < -0.3 is 15.0 Å². The molecule has 4 aromatic rings. The predicted molar refractivity (Wildman–Crippen MR) is 124 cm³/mol. The van der Waals surface area contributed by atoms with Crippen LogP contribution in [-0.4, -0.2) is 33.9 Å². The molecular formula is C26H26N4O2. The summed E-state index contributed by atoms with van der Waals surface area (Å²) >= 11 is 0. The number of benzene rings is 3. The molecule has 5 rings (SSSR count). The van der Waals surface area contributed by atoms with Crippen molar-refractivity contribution in [1.82, 2.24) is 20.2 Å². The number of hydrogen-bond donors (Lipinski definition) is 2. The smallest absolute Gasteiger partial charge is 0.238 e. The Morgan fingerprint density at radius 2 is 1.88 bits per heavy atom. The molecular weight excluding hydrogens is 400 g/mol. The first-order chi connectivity index (χ1) is 15.7. The summed E-state index contributed by atoms with van der Waals surface area (Å²) in [6.07, 6.45) is 2.31. The lowest BCUT2D eigenvalue weighted by Gasteiger charge is -2.34. The molecule has 1 aliphatic rings. The number of methoxy groups -OCH3 is 1. The molecule has 162 valence electrons. The van der Waals surface area contributed by atoms with E-state index in [2.05, 4.69) is 38.4 Å². The number of carbonyl (C=O) groups excluding carboxylic acids is 1. The Hall–Kier alpha value is -3.64. The lowest BCUT2D eigenvalue weighted by atomic mass is 9.98. The normalized spacial score (nSPS) is 16.0. The van der Waals surface area contributed by atoms with Gasteiger partial charge in [-0.3, -0.25) is 9.69 Å². The quantitative estimate of drug-likeness (QED) is 0.492. The summed E-state index contributed by atoms with van der Waals surface area (Å²) < 4.78 is 5.55. The fourth-order valence-electron chi connectivity index (χ4n) is 4.48. The van der Waals surface area contributed by atoms with Gasteiger partial charge in [-0.05, 0) is 22.6 Å². The molecule has 1 amide bonds. The van der Waals surface area contributed by atoms with Crippen LogP contribution in [0.3, 0.4) is 0 Å². The third-order valence-electron chi connectivity index (χ3n) is 6.18. The molecule has 0 bridgehead atoms. The summed E-state index contributed by atoms with van der Waals surface area (Å²) in [5.74, 6) is 0.885. The zero-order chi connectivity index (χ0) is 21.9. The van der Waals surface area contributed by atoms with Gasteiger partial charge in [0, 0.05) is 31.4 Å². The van der Waals surface area contributed by atoms with Gasteiger partial charge >= 0.3 is 0 Å². The zero-order valence-corrected chi connectivity index (χ0v) is 18.0. The van der Waals surface area contributed by atoms with E-state index in [-0.39, 0.29) is 11.9 Å². The maximum absolute atomic E-state index is 13.3. The summed E-state index contributed by atoms with van der Waals surface area (Å²) in [6, 6.07) is 22.1. The highest BCUT2D eigenvalue weighted by atomic mass is 16.5. The van der Waals surface area contributed by atoms with Crippen LogP contribution in [0, 0.1) is 0 Å². The van der Waals surface area contributed by atoms with Crippen molar-refractivity contribution in [2.45, 2.75) is 32.1 Å². The first-order valence-corrected chi connectivity index (χ1v) is 10.8. The average Bonchev–Trinajstić information content (AvgIpc) is 3.30. The standard InChI is InChI=1S/C26H26N4O2/c1-32-25-12-11-19(20-9-5-6-10-21(20)25)15-30-16-23-22(28-17-29-23)13-24(30)26(31)27-14-18-7-3-2-4-8-18/h2-12,17,24H,13-16H2,1H3,(H,27,31)(H,28,29). The second-order valence-corrected chi connectivity index (χ2v) is 8.13. The topological polar surface area (TPSA) is 70.2 Å². The first-order valence-electron chi connectivity index (χ1n) is 10.8. The molecule has 1 aliphatic heterocycles. The Morgan fingerprint density at radius 1 is 1.09 bits per heavy atom. The lowest BCUT2D eigenvalue weighted by Crippen LogP contribution is -2.49. The van der Waals surface area contributed by atoms with Crippen LogP contribution >= 0.6 is 0 Å². The third kappa shape index (κ3) is 3.97. The van der Waals surface area contributed by atoms with Gasteiger partial charge in [-0.1, -0.05) is 60.7 Å². The van der Waals surface area contributed by atoms with E-state index in [1.165, 1.54) is 5.56 Å². The van der Waals surface area contributed by atoms with E-state index >= 15 is 0 Å². The van der Waals surface area contributed by atoms with E-state index in [0.29, 0.717) is 26.1 Å². The Bertz CT molecular complexity index is 1240. The van der Waals surface area contributed by atoms with Gasteiger partial charge in [0.05, 0.1) is 30.9 Å². The van der Waals surface area contributed by atoms with E-state index in [1.54, 1.807) is 13.4 Å². The molecule has 0 aliphatic carbocycles. The number of amides is 1. The number of fused-ring (bicyclic) bond motifs is 2. The molecule has 1 unspecified atom stereocenters. The van der Waals surface area contributed by atoms with Crippen LogP contribution in [-0.2, 0) is 30.8 Å². The second-order valence-electron chi connectivity index (χ2n) is 8.13. The van der Waals surface area contributed by atoms with Gasteiger partial charge in [-0.25, -0.2) is 4.98 Å².